The van der Waals surface area contributed by atoms with E-state index in [0.29, 0.717) is 13.1 Å². The third kappa shape index (κ3) is 3.70. The number of carbonyl (C=O) groups excluding carboxylic acids is 2. The number of nitrogens with zero attached hydrogens (tertiary/aromatic N) is 1. The van der Waals surface area contributed by atoms with E-state index in [1.807, 2.05) is 6.07 Å². The van der Waals surface area contributed by atoms with Gasteiger partial charge in [-0.15, -0.1) is 0 Å². The van der Waals surface area contributed by atoms with Crippen molar-refractivity contribution < 1.29 is 14.7 Å². The number of rotatable bonds is 6. The maximum absolute atomic E-state index is 12.3. The van der Waals surface area contributed by atoms with Gasteiger partial charge in [0.25, 0.3) is 0 Å². The first-order chi connectivity index (χ1) is 11.5. The smallest absolute Gasteiger partial charge is 0.317 e. The van der Waals surface area contributed by atoms with Crippen LogP contribution in [-0.2, 0) is 10.2 Å². The van der Waals surface area contributed by atoms with E-state index in [4.69, 9.17) is 5.73 Å². The number of hydrogen-bond donors (Lipinski definition) is 3. The molecule has 0 aromatic heterocycles. The zero-order chi connectivity index (χ0) is 17.2. The zero-order valence-corrected chi connectivity index (χ0v) is 13.8. The van der Waals surface area contributed by atoms with Crippen LogP contribution in [0.5, 0.6) is 0 Å². The Hall–Kier alpha value is -2.08. The second kappa shape index (κ2) is 6.81. The Labute approximate surface area is 142 Å². The number of hydrogen-bond acceptors (Lipinski definition) is 3. The van der Waals surface area contributed by atoms with E-state index in [2.05, 4.69) is 29.6 Å². The van der Waals surface area contributed by atoms with Crippen molar-refractivity contribution in [3.63, 3.8) is 0 Å². The van der Waals surface area contributed by atoms with E-state index < -0.39 is 12.0 Å². The molecule has 1 heterocycles. The number of urea groups is 1. The molecular formula is C18H25N3O3. The van der Waals surface area contributed by atoms with Gasteiger partial charge in [0, 0.05) is 32.0 Å². The number of nitrogens with one attached hydrogen (secondary N) is 1. The lowest BCUT2D eigenvalue weighted by molar-refractivity contribution is -0.119. The summed E-state index contributed by atoms with van der Waals surface area (Å²) in [7, 11) is 0. The number of β-amino-alcohol motifs (C(OH)–C–C–N with tert-alkyl or cyclic N) is 1. The average molecular weight is 331 g/mol. The van der Waals surface area contributed by atoms with Gasteiger partial charge in [0.1, 0.15) is 0 Å². The van der Waals surface area contributed by atoms with Crippen molar-refractivity contribution >= 4 is 11.9 Å². The molecule has 1 aliphatic heterocycles. The molecule has 1 saturated carbocycles. The highest BCUT2D eigenvalue weighted by Crippen LogP contribution is 2.50. The van der Waals surface area contributed by atoms with Crippen LogP contribution in [0.25, 0.3) is 0 Å². The first-order valence-electron chi connectivity index (χ1n) is 8.55. The first kappa shape index (κ1) is 16.8. The molecule has 2 fully saturated rings. The molecular weight excluding hydrogens is 306 g/mol. The molecule has 24 heavy (non-hydrogen) atoms. The van der Waals surface area contributed by atoms with Gasteiger partial charge >= 0.3 is 6.03 Å². The minimum Gasteiger partial charge on any atom is -0.391 e. The molecule has 6 nitrogen and oxygen atoms in total. The SMILES string of the molecule is NC(=O)C[C@@H]1CN(C(=O)NCCC2(c3ccccc3)CC2)C[C@H]1O. The average Bonchev–Trinajstić information content (AvgIpc) is 3.26. The number of likely N-dealkylation sites (tertiary alicyclic amines) is 1. The third-order valence-electron chi connectivity index (χ3n) is 5.28. The molecule has 6 heteroatoms. The van der Waals surface area contributed by atoms with Crippen molar-refractivity contribution in [2.75, 3.05) is 19.6 Å². The summed E-state index contributed by atoms with van der Waals surface area (Å²) >= 11 is 0. The van der Waals surface area contributed by atoms with Crippen LogP contribution in [0.15, 0.2) is 30.3 Å². The minimum atomic E-state index is -0.678. The number of aliphatic hydroxyl groups excluding tert-OH is 1. The molecule has 1 aliphatic carbocycles. The minimum absolute atomic E-state index is 0.113. The summed E-state index contributed by atoms with van der Waals surface area (Å²) in [6, 6.07) is 10.3. The van der Waals surface area contributed by atoms with Gasteiger partial charge in [0.05, 0.1) is 6.10 Å². The number of benzene rings is 1. The van der Waals surface area contributed by atoms with Crippen molar-refractivity contribution in [3.05, 3.63) is 35.9 Å². The van der Waals surface area contributed by atoms with Crippen LogP contribution < -0.4 is 11.1 Å². The fourth-order valence-electron chi connectivity index (χ4n) is 3.63. The van der Waals surface area contributed by atoms with Crippen molar-refractivity contribution in [1.29, 1.82) is 0 Å². The predicted molar refractivity (Wildman–Crippen MR) is 90.3 cm³/mol. The number of amides is 3. The van der Waals surface area contributed by atoms with E-state index in [1.54, 1.807) is 4.90 Å². The molecule has 4 N–H and O–H groups in total. The summed E-state index contributed by atoms with van der Waals surface area (Å²) < 4.78 is 0. The summed E-state index contributed by atoms with van der Waals surface area (Å²) in [6.45, 7) is 1.24. The molecule has 1 aromatic rings. The second-order valence-corrected chi connectivity index (χ2v) is 7.03. The normalized spacial score (nSPS) is 24.6. The van der Waals surface area contributed by atoms with Crippen molar-refractivity contribution in [2.24, 2.45) is 11.7 Å². The van der Waals surface area contributed by atoms with E-state index in [-0.39, 0.29) is 30.3 Å². The number of nitrogens with two attached hydrogens (primary N) is 1. The van der Waals surface area contributed by atoms with Gasteiger partial charge in [-0.1, -0.05) is 30.3 Å². The summed E-state index contributed by atoms with van der Waals surface area (Å²) in [5.74, 6) is -0.702. The first-order valence-corrected chi connectivity index (χ1v) is 8.55. The van der Waals surface area contributed by atoms with E-state index >= 15 is 0 Å². The maximum atomic E-state index is 12.3. The molecule has 0 bridgehead atoms. The number of carbonyl (C=O) groups is 2. The Morgan fingerprint density at radius 1 is 1.25 bits per heavy atom. The third-order valence-corrected chi connectivity index (χ3v) is 5.28. The molecule has 2 atom stereocenters. The van der Waals surface area contributed by atoms with Crippen molar-refractivity contribution in [2.45, 2.75) is 37.2 Å². The topological polar surface area (TPSA) is 95.7 Å². The molecule has 1 aromatic carbocycles. The largest absolute Gasteiger partial charge is 0.391 e. The molecule has 130 valence electrons. The molecule has 0 unspecified atom stereocenters. The highest BCUT2D eigenvalue weighted by Gasteiger charge is 2.43. The van der Waals surface area contributed by atoms with Crippen LogP contribution in [0.4, 0.5) is 4.79 Å². The van der Waals surface area contributed by atoms with Gasteiger partial charge in [-0.25, -0.2) is 4.79 Å². The molecule has 0 radical (unpaired) electrons. The van der Waals surface area contributed by atoms with Gasteiger partial charge in [-0.3, -0.25) is 4.79 Å². The van der Waals surface area contributed by atoms with E-state index in [1.165, 1.54) is 5.56 Å². The Kier molecular flexibility index (Phi) is 4.76. The Morgan fingerprint density at radius 3 is 2.58 bits per heavy atom. The zero-order valence-electron chi connectivity index (χ0n) is 13.8. The standard InChI is InChI=1S/C18H25N3O3/c19-16(23)10-13-11-21(12-15(13)22)17(24)20-9-8-18(6-7-18)14-4-2-1-3-5-14/h1-5,13,15,22H,6-12H2,(H2,19,23)(H,20,24)/t13-,15-/m1/s1. The lowest BCUT2D eigenvalue weighted by Crippen LogP contribution is -2.40. The van der Waals surface area contributed by atoms with Gasteiger partial charge in [0.2, 0.25) is 5.91 Å². The monoisotopic (exact) mass is 331 g/mol. The van der Waals surface area contributed by atoms with Crippen LogP contribution in [0.2, 0.25) is 0 Å². The Morgan fingerprint density at radius 2 is 1.96 bits per heavy atom. The van der Waals surface area contributed by atoms with Crippen LogP contribution in [0.3, 0.4) is 0 Å². The predicted octanol–water partition coefficient (Wildman–Crippen LogP) is 0.986. The van der Waals surface area contributed by atoms with Crippen LogP contribution in [-0.4, -0.2) is 47.7 Å². The number of aliphatic hydroxyl groups is 1. The second-order valence-electron chi connectivity index (χ2n) is 7.03. The lowest BCUT2D eigenvalue weighted by Gasteiger charge is -2.19. The van der Waals surface area contributed by atoms with E-state index in [9.17, 15) is 14.7 Å². The lowest BCUT2D eigenvalue weighted by atomic mass is 9.92. The summed E-state index contributed by atoms with van der Waals surface area (Å²) in [5, 5.41) is 12.9. The summed E-state index contributed by atoms with van der Waals surface area (Å²) in [6.07, 6.45) is 2.68. The van der Waals surface area contributed by atoms with Crippen LogP contribution in [0.1, 0.15) is 31.2 Å². The van der Waals surface area contributed by atoms with Crippen molar-refractivity contribution in [3.8, 4) is 0 Å². The van der Waals surface area contributed by atoms with Gasteiger partial charge < -0.3 is 21.1 Å². The summed E-state index contributed by atoms with van der Waals surface area (Å²) in [5.41, 5.74) is 6.74. The quantitative estimate of drug-likeness (QED) is 0.725. The van der Waals surface area contributed by atoms with E-state index in [0.717, 1.165) is 19.3 Å². The molecule has 3 rings (SSSR count). The Bertz CT molecular complexity index is 601. The van der Waals surface area contributed by atoms with Gasteiger partial charge in [0.15, 0.2) is 0 Å². The molecule has 0 spiro atoms. The Balaban J connectivity index is 1.46. The van der Waals surface area contributed by atoms with Gasteiger partial charge in [-0.2, -0.15) is 0 Å². The fourth-order valence-corrected chi connectivity index (χ4v) is 3.63. The number of primary amides is 1. The molecule has 2 aliphatic rings. The maximum Gasteiger partial charge on any atom is 0.317 e. The molecule has 1 saturated heterocycles. The fraction of sp³-hybridized carbons (Fsp3) is 0.556. The summed E-state index contributed by atoms with van der Waals surface area (Å²) in [4.78, 5) is 24.8. The highest BCUT2D eigenvalue weighted by atomic mass is 16.3. The highest BCUT2D eigenvalue weighted by molar-refractivity contribution is 5.76. The molecule has 3 amide bonds. The van der Waals surface area contributed by atoms with Gasteiger partial charge in [-0.05, 0) is 30.2 Å². The van der Waals surface area contributed by atoms with Crippen LogP contribution >= 0.6 is 0 Å². The van der Waals surface area contributed by atoms with Crippen molar-refractivity contribution in [1.82, 2.24) is 10.2 Å². The van der Waals surface area contributed by atoms with Crippen LogP contribution in [0, 0.1) is 5.92 Å².